The van der Waals surface area contributed by atoms with Crippen LogP contribution in [0.1, 0.15) is 58.8 Å². The molecule has 0 unspecified atom stereocenters. The van der Waals surface area contributed by atoms with Crippen LogP contribution in [0, 0.1) is 0 Å². The molecule has 29 heavy (non-hydrogen) atoms. The first kappa shape index (κ1) is 31.1. The van der Waals surface area contributed by atoms with Crippen molar-refractivity contribution in [2.75, 3.05) is 27.2 Å². The molecule has 0 radical (unpaired) electrons. The molecule has 0 aromatic carbocycles. The Kier molecular flexibility index (Phi) is 13.6. The summed E-state index contributed by atoms with van der Waals surface area (Å²) in [5, 5.41) is 0. The van der Waals surface area contributed by atoms with E-state index in [-0.39, 0.29) is 0 Å². The Labute approximate surface area is 170 Å². The maximum atomic E-state index is 11.5. The molecule has 0 rings (SSSR count). The van der Waals surface area contributed by atoms with Crippen LogP contribution in [0.2, 0.25) is 0 Å². The molecular weight excluding hydrogens is 467 g/mol. The van der Waals surface area contributed by atoms with Gasteiger partial charge in [0.05, 0.1) is 27.2 Å². The third kappa shape index (κ3) is 13.7. The number of hydrogen-bond acceptors (Lipinski definition) is 4. The zero-order valence-electron chi connectivity index (χ0n) is 17.0. The standard InChI is InChI=1S/C13H30N.C2HF6O4PS2/c1-5-7-9-11-13-14(3,4)12-10-8-6-2;3-1(4,5)14(9,10)13-15(11,12)2(6,7)8/h5-13H2,1-4H3;13H/q+1;. The summed E-state index contributed by atoms with van der Waals surface area (Å²) >= 11 is 0. The molecule has 0 bridgehead atoms. The van der Waals surface area contributed by atoms with Gasteiger partial charge in [0.1, 0.15) is 6.98 Å². The lowest BCUT2D eigenvalue weighted by Gasteiger charge is -2.29. The molecular formula is C15H31F6NO4PS2+. The van der Waals surface area contributed by atoms with Crippen LogP contribution in [0.25, 0.3) is 0 Å². The van der Waals surface area contributed by atoms with Crippen molar-refractivity contribution in [1.82, 2.24) is 0 Å². The van der Waals surface area contributed by atoms with E-state index in [0.717, 1.165) is 0 Å². The fourth-order valence-corrected chi connectivity index (χ4v) is 8.32. The van der Waals surface area contributed by atoms with E-state index in [9.17, 15) is 43.2 Å². The lowest BCUT2D eigenvalue weighted by atomic mass is 10.2. The molecule has 5 nitrogen and oxygen atoms in total. The molecule has 0 aromatic rings. The van der Waals surface area contributed by atoms with Crippen molar-refractivity contribution in [3.8, 4) is 0 Å². The molecule has 14 heteroatoms. The first-order chi connectivity index (χ1) is 12.8. The second kappa shape index (κ2) is 12.7. The number of unbranched alkanes of at least 4 members (excludes halogenated alkanes) is 5. The zero-order valence-corrected chi connectivity index (χ0v) is 19.7. The maximum Gasteiger partial charge on any atom is 0.501 e. The first-order valence-electron chi connectivity index (χ1n) is 9.06. The van der Waals surface area contributed by atoms with Crippen LogP contribution < -0.4 is 0 Å². The van der Waals surface area contributed by atoms with Gasteiger partial charge < -0.3 is 4.48 Å². The molecule has 0 amide bonds. The quantitative estimate of drug-likeness (QED) is 0.170. The van der Waals surface area contributed by atoms with Crippen molar-refractivity contribution in [1.29, 1.82) is 0 Å². The topological polar surface area (TPSA) is 68.3 Å². The highest BCUT2D eigenvalue weighted by Crippen LogP contribution is 2.46. The molecule has 0 N–H and O–H groups in total. The van der Waals surface area contributed by atoms with Gasteiger partial charge in [-0.3, -0.25) is 0 Å². The van der Waals surface area contributed by atoms with Crippen LogP contribution in [-0.2, 0) is 18.9 Å². The van der Waals surface area contributed by atoms with E-state index in [1.54, 1.807) is 0 Å². The van der Waals surface area contributed by atoms with E-state index >= 15 is 0 Å². The molecule has 0 aliphatic heterocycles. The van der Waals surface area contributed by atoms with Crippen LogP contribution >= 0.6 is 6.98 Å². The van der Waals surface area contributed by atoms with Gasteiger partial charge in [0, 0.05) is 0 Å². The molecule has 0 aliphatic rings. The van der Waals surface area contributed by atoms with Gasteiger partial charge in [0.2, 0.25) is 0 Å². The average molecular weight is 499 g/mol. The van der Waals surface area contributed by atoms with Gasteiger partial charge in [-0.25, -0.2) is 16.8 Å². The van der Waals surface area contributed by atoms with Crippen LogP contribution in [0.3, 0.4) is 0 Å². The van der Waals surface area contributed by atoms with Crippen molar-refractivity contribution < 1.29 is 47.7 Å². The summed E-state index contributed by atoms with van der Waals surface area (Å²) in [7, 11) is -7.88. The number of hydrogen-bond donors (Lipinski definition) is 0. The van der Waals surface area contributed by atoms with Gasteiger partial charge in [-0.15, -0.1) is 0 Å². The molecule has 0 aromatic heterocycles. The molecule has 178 valence electrons. The monoisotopic (exact) mass is 498 g/mol. The van der Waals surface area contributed by atoms with Gasteiger partial charge in [-0.2, -0.15) is 26.3 Å². The number of alkyl halides is 6. The largest absolute Gasteiger partial charge is 0.501 e. The third-order valence-corrected chi connectivity index (χ3v) is 12.1. The number of rotatable bonds is 11. The second-order valence-corrected chi connectivity index (χ2v) is 15.5. The Balaban J connectivity index is 0. The highest BCUT2D eigenvalue weighted by atomic mass is 33.1. The molecule has 0 spiro atoms. The first-order valence-corrected chi connectivity index (χ1v) is 14.5. The second-order valence-electron chi connectivity index (χ2n) is 7.13. The average Bonchev–Trinajstić information content (AvgIpc) is 2.49. The lowest BCUT2D eigenvalue weighted by Crippen LogP contribution is -2.41. The summed E-state index contributed by atoms with van der Waals surface area (Å²) in [6.45, 7) is 3.97. The number of nitrogens with zero attached hydrogens (tertiary/aromatic N) is 1. The third-order valence-electron chi connectivity index (χ3n) is 3.81. The lowest BCUT2D eigenvalue weighted by molar-refractivity contribution is -0.890. The Hall–Kier alpha value is -0.130. The normalized spacial score (nSPS) is 13.7. The van der Waals surface area contributed by atoms with Gasteiger partial charge in [0.25, 0.3) is 18.9 Å². The van der Waals surface area contributed by atoms with Gasteiger partial charge in [0.15, 0.2) is 0 Å². The highest BCUT2D eigenvalue weighted by Gasteiger charge is 2.55. The highest BCUT2D eigenvalue weighted by molar-refractivity contribution is 8.76. The Morgan fingerprint density at radius 1 is 0.655 bits per heavy atom. The summed E-state index contributed by atoms with van der Waals surface area (Å²) in [6, 6.07) is 0. The van der Waals surface area contributed by atoms with E-state index in [4.69, 9.17) is 0 Å². The van der Waals surface area contributed by atoms with Crippen LogP contribution in [0.15, 0.2) is 0 Å². The Morgan fingerprint density at radius 2 is 0.966 bits per heavy atom. The SMILES string of the molecule is CCCCCC[N+](C)(C)CCCCC.O=S(=O)(PS(=O)(=O)C(F)(F)F)C(F)(F)F. The summed E-state index contributed by atoms with van der Waals surface area (Å²) < 4.78 is 111. The summed E-state index contributed by atoms with van der Waals surface area (Å²) in [5.41, 5.74) is -12.0. The Bertz CT molecular complexity index is 619. The van der Waals surface area contributed by atoms with Crippen molar-refractivity contribution in [3.63, 3.8) is 0 Å². The molecule has 0 heterocycles. The minimum absolute atomic E-state index is 1.23. The molecule has 0 saturated carbocycles. The van der Waals surface area contributed by atoms with E-state index in [1.165, 1.54) is 62.5 Å². The van der Waals surface area contributed by atoms with Crippen molar-refractivity contribution in [3.05, 3.63) is 0 Å². The minimum atomic E-state index is -6.32. The van der Waals surface area contributed by atoms with E-state index < -0.39 is 36.9 Å². The fraction of sp³-hybridized carbons (Fsp3) is 1.00. The van der Waals surface area contributed by atoms with Crippen molar-refractivity contribution in [2.45, 2.75) is 69.8 Å². The van der Waals surface area contributed by atoms with E-state index in [1.807, 2.05) is 0 Å². The molecule has 0 fully saturated rings. The van der Waals surface area contributed by atoms with Gasteiger partial charge in [-0.05, 0) is 25.7 Å². The van der Waals surface area contributed by atoms with Crippen LogP contribution in [0.4, 0.5) is 26.3 Å². The molecule has 0 atom stereocenters. The molecule has 0 aliphatic carbocycles. The Morgan fingerprint density at radius 3 is 1.28 bits per heavy atom. The number of halogens is 6. The maximum absolute atomic E-state index is 11.5. The number of quaternary nitrogens is 1. The molecule has 0 saturated heterocycles. The fourth-order valence-electron chi connectivity index (χ4n) is 2.11. The van der Waals surface area contributed by atoms with E-state index in [0.29, 0.717) is 0 Å². The van der Waals surface area contributed by atoms with Crippen molar-refractivity contribution >= 4 is 25.9 Å². The van der Waals surface area contributed by atoms with E-state index in [2.05, 4.69) is 27.9 Å². The summed E-state index contributed by atoms with van der Waals surface area (Å²) in [6.07, 6.45) is 9.74. The van der Waals surface area contributed by atoms with Gasteiger partial charge in [-0.1, -0.05) is 33.1 Å². The smallest absolute Gasteiger partial charge is 0.328 e. The summed E-state index contributed by atoms with van der Waals surface area (Å²) in [5.74, 6) is 0. The van der Waals surface area contributed by atoms with Crippen LogP contribution in [0.5, 0.6) is 0 Å². The van der Waals surface area contributed by atoms with Gasteiger partial charge >= 0.3 is 11.0 Å². The van der Waals surface area contributed by atoms with Crippen LogP contribution in [-0.4, -0.2) is 59.5 Å². The van der Waals surface area contributed by atoms with Crippen molar-refractivity contribution in [2.24, 2.45) is 0 Å². The minimum Gasteiger partial charge on any atom is -0.328 e. The predicted octanol–water partition coefficient (Wildman–Crippen LogP) is 5.20. The summed E-state index contributed by atoms with van der Waals surface area (Å²) in [4.78, 5) is 0. The zero-order chi connectivity index (χ0) is 23.6. The predicted molar refractivity (Wildman–Crippen MR) is 104 cm³/mol.